The van der Waals surface area contributed by atoms with E-state index in [1.165, 1.54) is 0 Å². The number of nitriles is 1. The maximum Gasteiger partial charge on any atom is 0.227 e. The number of amides is 3. The normalized spacial score (nSPS) is 16.4. The van der Waals surface area contributed by atoms with Crippen LogP contribution in [0.25, 0.3) is 0 Å². The van der Waals surface area contributed by atoms with E-state index >= 15 is 0 Å². The number of carbonyl (C=O) groups is 3. The predicted molar refractivity (Wildman–Crippen MR) is 325 cm³/mol. The molecule has 0 saturated carbocycles. The van der Waals surface area contributed by atoms with Crippen molar-refractivity contribution in [1.29, 1.82) is 5.26 Å². The molecule has 1 unspecified atom stereocenters. The second-order valence-electron chi connectivity index (χ2n) is 20.8. The van der Waals surface area contributed by atoms with Gasteiger partial charge in [0.25, 0.3) is 0 Å². The van der Waals surface area contributed by atoms with Crippen molar-refractivity contribution >= 4 is 51.8 Å². The summed E-state index contributed by atoms with van der Waals surface area (Å²) in [5.74, 6) is 4.67. The Morgan fingerprint density at radius 1 is 0.518 bits per heavy atom. The van der Waals surface area contributed by atoms with Crippen LogP contribution in [0, 0.1) is 11.3 Å². The van der Waals surface area contributed by atoms with Crippen molar-refractivity contribution in [2.45, 2.75) is 89.3 Å². The molecule has 3 aliphatic heterocycles. The molecular formula is C66H74N8O9. The molecule has 3 saturated heterocycles. The lowest BCUT2D eigenvalue weighted by Crippen LogP contribution is -2.24. The van der Waals surface area contributed by atoms with Crippen LogP contribution in [0.2, 0.25) is 0 Å². The highest BCUT2D eigenvalue weighted by atomic mass is 16.5. The summed E-state index contributed by atoms with van der Waals surface area (Å²) in [6.07, 6.45) is 6.48. The Morgan fingerprint density at radius 2 is 0.952 bits per heavy atom. The predicted octanol–water partition coefficient (Wildman–Crippen LogP) is 11.6. The number of hydrogen-bond donors (Lipinski definition) is 3. The van der Waals surface area contributed by atoms with Crippen LogP contribution in [-0.4, -0.2) is 76.4 Å². The van der Waals surface area contributed by atoms with E-state index in [4.69, 9.17) is 50.9 Å². The zero-order chi connectivity index (χ0) is 58.8. The van der Waals surface area contributed by atoms with Crippen LogP contribution in [0.5, 0.6) is 34.5 Å². The van der Waals surface area contributed by atoms with E-state index in [0.717, 1.165) is 58.7 Å². The summed E-state index contributed by atoms with van der Waals surface area (Å²) >= 11 is 0. The molecule has 7 aromatic rings. The van der Waals surface area contributed by atoms with E-state index in [1.807, 2.05) is 159 Å². The second kappa shape index (κ2) is 28.8. The molecule has 17 nitrogen and oxygen atoms in total. The van der Waals surface area contributed by atoms with Crippen LogP contribution in [0.1, 0.15) is 98.9 Å². The third-order valence-corrected chi connectivity index (χ3v) is 14.6. The number of nitrogen functional groups attached to an aromatic ring is 3. The maximum absolute atomic E-state index is 12.6. The molecule has 10 rings (SSSR count). The molecule has 3 atom stereocenters. The number of unbranched alkanes of at least 4 members (excludes halogenated alkanes) is 3. The van der Waals surface area contributed by atoms with Gasteiger partial charge in [-0.2, -0.15) is 5.26 Å². The van der Waals surface area contributed by atoms with Gasteiger partial charge >= 0.3 is 0 Å². The zero-order valence-electron chi connectivity index (χ0n) is 47.9. The Bertz CT molecular complexity index is 3370. The highest BCUT2D eigenvalue weighted by molar-refractivity contribution is 5.98. The first-order valence-electron chi connectivity index (χ1n) is 27.9. The average molecular weight is 1120 g/mol. The SMILES string of the molecule is COc1ccc(C2CC(=O)N(c3cccc(N)c3)C2)cc1OC(C)C.COc1ccc([C@H]2CC(=O)N(c3cccc(N)c3)C2)cc1OCCCCCC#N.COc1ccc([C@H]2CC(=O)N(c3cccc(N)c3)C2)cc1OCc1ccccn1. The van der Waals surface area contributed by atoms with E-state index < -0.39 is 0 Å². The fraction of sp³-hybridized carbons (Fsp3) is 0.318. The van der Waals surface area contributed by atoms with E-state index in [0.29, 0.717) is 110 Å². The van der Waals surface area contributed by atoms with Crippen LogP contribution in [0.4, 0.5) is 34.1 Å². The summed E-state index contributed by atoms with van der Waals surface area (Å²) in [6.45, 7) is 6.73. The molecule has 83 heavy (non-hydrogen) atoms. The minimum Gasteiger partial charge on any atom is -0.493 e. The third-order valence-electron chi connectivity index (χ3n) is 14.6. The highest BCUT2D eigenvalue weighted by Gasteiger charge is 2.35. The molecular weight excluding hydrogens is 1050 g/mol. The molecule has 3 fully saturated rings. The maximum atomic E-state index is 12.6. The summed E-state index contributed by atoms with van der Waals surface area (Å²) in [6, 6.07) is 47.7. The number of hydrogen-bond acceptors (Lipinski definition) is 14. The summed E-state index contributed by atoms with van der Waals surface area (Å²) in [5.41, 5.74) is 26.1. The zero-order valence-corrected chi connectivity index (χ0v) is 47.9. The Morgan fingerprint density at radius 3 is 1.35 bits per heavy atom. The van der Waals surface area contributed by atoms with E-state index in [-0.39, 0.29) is 41.6 Å². The Kier molecular flexibility index (Phi) is 20.7. The lowest BCUT2D eigenvalue weighted by atomic mass is 9.98. The van der Waals surface area contributed by atoms with Gasteiger partial charge in [-0.3, -0.25) is 19.4 Å². The first-order valence-corrected chi connectivity index (χ1v) is 27.9. The number of nitrogens with zero attached hydrogens (tertiary/aromatic N) is 5. The quantitative estimate of drug-likeness (QED) is 0.0476. The van der Waals surface area contributed by atoms with Gasteiger partial charge in [-0.05, 0) is 153 Å². The highest BCUT2D eigenvalue weighted by Crippen LogP contribution is 2.40. The number of rotatable bonds is 20. The molecule has 0 spiro atoms. The lowest BCUT2D eigenvalue weighted by Gasteiger charge is -2.19. The van der Waals surface area contributed by atoms with Gasteiger partial charge in [0.05, 0.1) is 45.8 Å². The van der Waals surface area contributed by atoms with Gasteiger partial charge < -0.3 is 60.3 Å². The van der Waals surface area contributed by atoms with Crippen molar-refractivity contribution in [3.05, 3.63) is 174 Å². The van der Waals surface area contributed by atoms with Gasteiger partial charge in [0.1, 0.15) is 6.61 Å². The summed E-state index contributed by atoms with van der Waals surface area (Å²) in [5, 5.41) is 8.60. The van der Waals surface area contributed by atoms with Gasteiger partial charge in [-0.1, -0.05) is 42.5 Å². The van der Waals surface area contributed by atoms with E-state index in [1.54, 1.807) is 42.2 Å². The molecule has 0 radical (unpaired) electrons. The summed E-state index contributed by atoms with van der Waals surface area (Å²) in [7, 11) is 4.86. The first kappa shape index (κ1) is 59.7. The topological polar surface area (TPSA) is 231 Å². The van der Waals surface area contributed by atoms with Crippen LogP contribution >= 0.6 is 0 Å². The Hall–Kier alpha value is -9.43. The Balaban J connectivity index is 0.000000163. The number of methoxy groups -OCH3 is 3. The molecule has 0 aliphatic carbocycles. The number of ether oxygens (including phenoxy) is 6. The molecule has 17 heteroatoms. The number of anilines is 6. The third kappa shape index (κ3) is 15.9. The number of benzene rings is 6. The molecule has 6 aromatic carbocycles. The van der Waals surface area contributed by atoms with Gasteiger partial charge in [-0.15, -0.1) is 0 Å². The number of aromatic nitrogens is 1. The van der Waals surface area contributed by atoms with Crippen molar-refractivity contribution < 1.29 is 42.8 Å². The van der Waals surface area contributed by atoms with Crippen LogP contribution in [0.3, 0.4) is 0 Å². The van der Waals surface area contributed by atoms with Crippen LogP contribution < -0.4 is 60.3 Å². The van der Waals surface area contributed by atoms with Crippen molar-refractivity contribution in [2.75, 3.05) is 79.5 Å². The molecule has 432 valence electrons. The molecule has 3 aliphatic rings. The molecule has 0 bridgehead atoms. The largest absolute Gasteiger partial charge is 0.493 e. The minimum atomic E-state index is 0.0538. The number of pyridine rings is 1. The van der Waals surface area contributed by atoms with Crippen LogP contribution in [-0.2, 0) is 21.0 Å². The van der Waals surface area contributed by atoms with Crippen molar-refractivity contribution in [3.8, 4) is 40.6 Å². The monoisotopic (exact) mass is 1120 g/mol. The summed E-state index contributed by atoms with van der Waals surface area (Å²) < 4.78 is 34.0. The number of nitrogens with two attached hydrogens (primary N) is 3. The van der Waals surface area contributed by atoms with Gasteiger partial charge in [0.15, 0.2) is 34.5 Å². The molecule has 1 aromatic heterocycles. The fourth-order valence-corrected chi connectivity index (χ4v) is 10.3. The lowest BCUT2D eigenvalue weighted by molar-refractivity contribution is -0.118. The van der Waals surface area contributed by atoms with Gasteiger partial charge in [0, 0.05) is 103 Å². The van der Waals surface area contributed by atoms with Crippen molar-refractivity contribution in [1.82, 2.24) is 4.98 Å². The smallest absolute Gasteiger partial charge is 0.227 e. The van der Waals surface area contributed by atoms with E-state index in [2.05, 4.69) is 11.1 Å². The molecule has 3 amide bonds. The Labute approximate surface area is 486 Å². The van der Waals surface area contributed by atoms with Crippen LogP contribution in [0.15, 0.2) is 152 Å². The fourth-order valence-electron chi connectivity index (χ4n) is 10.3. The average Bonchev–Trinajstić information content (AvgIpc) is 4.44. The molecule has 6 N–H and O–H groups in total. The molecule has 4 heterocycles. The number of carbonyl (C=O) groups excluding carboxylic acids is 3. The standard InChI is InChI=1S/C23H23N3O3.C23H27N3O3.C20H24N2O3/c1-28-21-9-8-16(11-22(21)29-15-19-6-2-3-10-25-19)17-12-23(27)26(14-17)20-7-4-5-18(24)13-20;1-28-21-10-9-17(13-22(21)29-12-5-3-2-4-11-24)18-14-23(27)26(16-18)20-8-6-7-19(25)15-20;1-13(2)25-19-9-14(7-8-18(19)24-3)15-10-20(23)22(12-15)17-6-4-5-16(21)11-17/h2-11,13,17H,12,14-15,24H2,1H3;6-10,13,15,18H,2-5,12,14,16,25H2,1H3;4-9,11,13,15H,10,12,21H2,1-3H3/t17-;18-;/m00./s1. The van der Waals surface area contributed by atoms with Gasteiger partial charge in [0.2, 0.25) is 17.7 Å². The summed E-state index contributed by atoms with van der Waals surface area (Å²) in [4.78, 5) is 47.3. The minimum absolute atomic E-state index is 0.0538. The second-order valence-corrected chi connectivity index (χ2v) is 20.8. The first-order chi connectivity index (χ1) is 40.2. The van der Waals surface area contributed by atoms with Crippen molar-refractivity contribution in [3.63, 3.8) is 0 Å². The van der Waals surface area contributed by atoms with E-state index in [9.17, 15) is 14.4 Å². The van der Waals surface area contributed by atoms with Gasteiger partial charge in [-0.25, -0.2) is 0 Å². The van der Waals surface area contributed by atoms with Crippen molar-refractivity contribution in [2.24, 2.45) is 0 Å².